The van der Waals surface area contributed by atoms with E-state index in [4.69, 9.17) is 9.83 Å². The van der Waals surface area contributed by atoms with Gasteiger partial charge in [-0.15, -0.1) is 0 Å². The number of fused-ring (bicyclic) bond motifs is 1. The number of nitrogens with zero attached hydrogens (tertiary/aromatic N) is 3. The molecule has 0 radical (unpaired) electrons. The van der Waals surface area contributed by atoms with Crippen molar-refractivity contribution in [1.29, 1.82) is 5.41 Å². The number of amides is 1. The Balaban J connectivity index is 1.66. The van der Waals surface area contributed by atoms with Crippen molar-refractivity contribution in [2.45, 2.75) is 13.0 Å². The average Bonchev–Trinajstić information content (AvgIpc) is 3.42. The first kappa shape index (κ1) is 19.2. The largest absolute Gasteiger partial charge is 0.447 e. The van der Waals surface area contributed by atoms with Gasteiger partial charge in [0.25, 0.3) is 5.91 Å². The third kappa shape index (κ3) is 3.50. The maximum absolute atomic E-state index is 13.5. The van der Waals surface area contributed by atoms with Gasteiger partial charge < -0.3 is 20.0 Å². The Bertz CT molecular complexity index is 1230. The molecule has 9 nitrogen and oxygen atoms in total. The van der Waals surface area contributed by atoms with Crippen molar-refractivity contribution in [3.8, 4) is 0 Å². The van der Waals surface area contributed by atoms with Gasteiger partial charge in [-0.1, -0.05) is 0 Å². The van der Waals surface area contributed by atoms with E-state index in [9.17, 15) is 9.18 Å². The summed E-state index contributed by atoms with van der Waals surface area (Å²) in [7, 11) is 1.64. The molecule has 0 aliphatic carbocycles. The lowest BCUT2D eigenvalue weighted by Gasteiger charge is -2.11. The molecule has 0 saturated heterocycles. The summed E-state index contributed by atoms with van der Waals surface area (Å²) in [4.78, 5) is 28.4. The monoisotopic (exact) mass is 407 g/mol. The lowest BCUT2D eigenvalue weighted by molar-refractivity contribution is 0.0935. The standard InChI is InChI=1S/C20H18FN7O2/c1-10(20-24-5-6-30-20)27-19(29)13-8-25-18-17(13)28-15(9-26-18)16(22)12-4-3-11(21)7-14(12)23-2/h3-10,22-23H,1-2H3,(H,25,26)(H,27,29). The molecule has 0 aliphatic heterocycles. The molecule has 1 atom stereocenters. The second kappa shape index (κ2) is 7.74. The molecule has 10 heteroatoms. The Labute approximate surface area is 170 Å². The van der Waals surface area contributed by atoms with Crippen LogP contribution < -0.4 is 10.6 Å². The molecule has 3 aromatic heterocycles. The molecule has 0 fully saturated rings. The number of halogens is 1. The van der Waals surface area contributed by atoms with Gasteiger partial charge >= 0.3 is 0 Å². The van der Waals surface area contributed by atoms with Gasteiger partial charge in [-0.2, -0.15) is 0 Å². The zero-order valence-corrected chi connectivity index (χ0v) is 16.2. The second-order valence-corrected chi connectivity index (χ2v) is 6.54. The molecule has 0 saturated carbocycles. The number of benzene rings is 1. The maximum atomic E-state index is 13.5. The summed E-state index contributed by atoms with van der Waals surface area (Å²) in [6.45, 7) is 1.75. The van der Waals surface area contributed by atoms with Crippen LogP contribution in [0.4, 0.5) is 10.1 Å². The summed E-state index contributed by atoms with van der Waals surface area (Å²) in [5, 5.41) is 14.2. The van der Waals surface area contributed by atoms with Gasteiger partial charge in [-0.05, 0) is 25.1 Å². The molecule has 0 aliphatic rings. The summed E-state index contributed by atoms with van der Waals surface area (Å²) < 4.78 is 18.7. The van der Waals surface area contributed by atoms with Crippen LogP contribution in [0.2, 0.25) is 0 Å². The normalized spacial score (nSPS) is 12.0. The van der Waals surface area contributed by atoms with Gasteiger partial charge in [0.05, 0.1) is 23.7 Å². The predicted molar refractivity (Wildman–Crippen MR) is 108 cm³/mol. The van der Waals surface area contributed by atoms with Crippen molar-refractivity contribution in [2.24, 2.45) is 0 Å². The van der Waals surface area contributed by atoms with E-state index < -0.39 is 11.9 Å². The first-order chi connectivity index (χ1) is 14.5. The second-order valence-electron chi connectivity index (χ2n) is 6.54. The molecule has 1 aromatic carbocycles. The average molecular weight is 407 g/mol. The van der Waals surface area contributed by atoms with Crippen LogP contribution >= 0.6 is 0 Å². The van der Waals surface area contributed by atoms with Crippen LogP contribution in [0.3, 0.4) is 0 Å². The number of carbonyl (C=O) groups excluding carboxylic acids is 1. The highest BCUT2D eigenvalue weighted by Gasteiger charge is 2.20. The predicted octanol–water partition coefficient (Wildman–Crippen LogP) is 3.03. The highest BCUT2D eigenvalue weighted by molar-refractivity contribution is 6.14. The molecule has 1 unspecified atom stereocenters. The third-order valence-electron chi connectivity index (χ3n) is 4.57. The minimum absolute atomic E-state index is 0.0504. The van der Waals surface area contributed by atoms with Crippen molar-refractivity contribution in [2.75, 3.05) is 12.4 Å². The van der Waals surface area contributed by atoms with Crippen LogP contribution in [0.15, 0.2) is 47.5 Å². The number of H-pyrrole nitrogens is 1. The molecule has 1 amide bonds. The van der Waals surface area contributed by atoms with Crippen molar-refractivity contribution in [1.82, 2.24) is 25.3 Å². The Morgan fingerprint density at radius 3 is 2.87 bits per heavy atom. The molecule has 0 bridgehead atoms. The van der Waals surface area contributed by atoms with E-state index in [2.05, 4.69) is 30.6 Å². The number of aromatic amines is 1. The van der Waals surface area contributed by atoms with Crippen LogP contribution in [0.1, 0.15) is 40.5 Å². The van der Waals surface area contributed by atoms with Crippen molar-refractivity contribution >= 4 is 28.5 Å². The Morgan fingerprint density at radius 2 is 2.13 bits per heavy atom. The van der Waals surface area contributed by atoms with Crippen LogP contribution in [0.5, 0.6) is 0 Å². The number of carbonyl (C=O) groups is 1. The van der Waals surface area contributed by atoms with E-state index in [1.54, 1.807) is 14.0 Å². The molecule has 3 heterocycles. The fourth-order valence-electron chi connectivity index (χ4n) is 3.05. The minimum atomic E-state index is -0.440. The van der Waals surface area contributed by atoms with Gasteiger partial charge in [0, 0.05) is 24.5 Å². The maximum Gasteiger partial charge on any atom is 0.255 e. The summed E-state index contributed by atoms with van der Waals surface area (Å²) in [5.41, 5.74) is 2.23. The van der Waals surface area contributed by atoms with E-state index >= 15 is 0 Å². The van der Waals surface area contributed by atoms with Crippen LogP contribution in [-0.4, -0.2) is 38.6 Å². The summed E-state index contributed by atoms with van der Waals surface area (Å²) in [6, 6.07) is 3.63. The van der Waals surface area contributed by atoms with E-state index in [1.807, 2.05) is 0 Å². The van der Waals surface area contributed by atoms with Crippen molar-refractivity contribution in [3.63, 3.8) is 0 Å². The van der Waals surface area contributed by atoms with Crippen molar-refractivity contribution in [3.05, 3.63) is 71.6 Å². The topological polar surface area (TPSA) is 133 Å². The number of nitrogens with one attached hydrogen (secondary N) is 4. The molecule has 4 rings (SSSR count). The Kier molecular flexibility index (Phi) is 4.97. The third-order valence-corrected chi connectivity index (χ3v) is 4.57. The number of aromatic nitrogens is 4. The van der Waals surface area contributed by atoms with Gasteiger partial charge in [0.2, 0.25) is 5.89 Å². The number of oxazole rings is 1. The van der Waals surface area contributed by atoms with E-state index in [1.165, 1.54) is 43.1 Å². The summed E-state index contributed by atoms with van der Waals surface area (Å²) >= 11 is 0. The van der Waals surface area contributed by atoms with Crippen LogP contribution in [-0.2, 0) is 0 Å². The molecular weight excluding hydrogens is 389 g/mol. The van der Waals surface area contributed by atoms with Gasteiger partial charge in [0.15, 0.2) is 5.65 Å². The number of hydrogen-bond acceptors (Lipinski definition) is 7. The highest BCUT2D eigenvalue weighted by Crippen LogP contribution is 2.22. The van der Waals surface area contributed by atoms with E-state index in [0.29, 0.717) is 28.3 Å². The van der Waals surface area contributed by atoms with E-state index in [0.717, 1.165) is 0 Å². The fourth-order valence-corrected chi connectivity index (χ4v) is 3.05. The van der Waals surface area contributed by atoms with Crippen LogP contribution in [0.25, 0.3) is 11.2 Å². The molecule has 4 aromatic rings. The molecule has 4 N–H and O–H groups in total. The highest BCUT2D eigenvalue weighted by atomic mass is 19.1. The van der Waals surface area contributed by atoms with Crippen LogP contribution in [0, 0.1) is 11.2 Å². The Hall–Kier alpha value is -4.08. The first-order valence-electron chi connectivity index (χ1n) is 9.09. The SMILES string of the molecule is CNc1cc(F)ccc1C(=N)c1cnc2[nH]cc(C(=O)NC(C)c3ncco3)c2n1. The molecular formula is C20H18FN7O2. The number of anilines is 1. The van der Waals surface area contributed by atoms with Gasteiger partial charge in [-0.25, -0.2) is 19.3 Å². The minimum Gasteiger partial charge on any atom is -0.447 e. The molecule has 0 spiro atoms. The smallest absolute Gasteiger partial charge is 0.255 e. The van der Waals surface area contributed by atoms with Gasteiger partial charge in [-0.3, -0.25) is 10.2 Å². The first-order valence-corrected chi connectivity index (χ1v) is 9.09. The van der Waals surface area contributed by atoms with E-state index in [-0.39, 0.29) is 22.9 Å². The van der Waals surface area contributed by atoms with Gasteiger partial charge in [0.1, 0.15) is 29.3 Å². The fraction of sp³-hybridized carbons (Fsp3) is 0.150. The quantitative estimate of drug-likeness (QED) is 0.363. The number of rotatable bonds is 6. The molecule has 152 valence electrons. The summed E-state index contributed by atoms with van der Waals surface area (Å²) in [5.74, 6) is -0.419. The lowest BCUT2D eigenvalue weighted by atomic mass is 10.1. The zero-order chi connectivity index (χ0) is 21.3. The Morgan fingerprint density at radius 1 is 1.30 bits per heavy atom. The number of hydrogen-bond donors (Lipinski definition) is 4. The zero-order valence-electron chi connectivity index (χ0n) is 16.2. The van der Waals surface area contributed by atoms with Crippen molar-refractivity contribution < 1.29 is 13.6 Å². The molecule has 30 heavy (non-hydrogen) atoms. The summed E-state index contributed by atoms with van der Waals surface area (Å²) in [6.07, 6.45) is 5.87. The lowest BCUT2D eigenvalue weighted by Crippen LogP contribution is -2.26.